The minimum Gasteiger partial charge on any atom is -0.396 e. The van der Waals surface area contributed by atoms with Gasteiger partial charge in [-0.25, -0.2) is 0 Å². The molecule has 6 heavy (non-hydrogen) atoms. The fourth-order valence-corrected chi connectivity index (χ4v) is 0.158. The molecule has 38 valence electrons. The Morgan fingerprint density at radius 3 is 2.00 bits per heavy atom. The summed E-state index contributed by atoms with van der Waals surface area (Å²) >= 11 is 0. The number of aliphatic hydroxyl groups excluding tert-OH is 1. The predicted molar refractivity (Wildman–Crippen MR) is 22.0 cm³/mol. The van der Waals surface area contributed by atoms with Gasteiger partial charge in [0, 0.05) is 6.61 Å². The summed E-state index contributed by atoms with van der Waals surface area (Å²) in [5, 5.41) is 8.07. The van der Waals surface area contributed by atoms with Crippen molar-refractivity contribution in [2.45, 2.75) is 19.8 Å². The summed E-state index contributed by atoms with van der Waals surface area (Å²) < 4.78 is 0. The first-order valence-electron chi connectivity index (χ1n) is 2.02. The molecule has 0 aromatic carbocycles. The summed E-state index contributed by atoms with van der Waals surface area (Å²) in [6.07, 6.45) is 2.04. The summed E-state index contributed by atoms with van der Waals surface area (Å²) in [4.78, 5) is 0. The van der Waals surface area contributed by atoms with Crippen molar-refractivity contribution in [1.82, 2.24) is 0 Å². The molecule has 0 atom stereocenters. The molecule has 0 fully saturated rings. The number of unbranched alkanes of at least 4 members (excludes halogenated alkanes) is 1. The summed E-state index contributed by atoms with van der Waals surface area (Å²) in [6.45, 7) is 2.40. The smallest absolute Gasteiger partial charge is 0.396 e. The third-order valence-electron chi connectivity index (χ3n) is 0.512. The van der Waals surface area contributed by atoms with Crippen LogP contribution in [0.2, 0.25) is 0 Å². The average Bonchev–Trinajstić information content (AvgIpc) is 1.41. The minimum atomic E-state index is 0. The van der Waals surface area contributed by atoms with Gasteiger partial charge in [-0.05, 0) is 6.42 Å². The van der Waals surface area contributed by atoms with Gasteiger partial charge in [0.05, 0.1) is 0 Å². The Morgan fingerprint density at radius 2 is 2.00 bits per heavy atom. The van der Waals surface area contributed by atoms with Crippen LogP contribution in [0.3, 0.4) is 0 Å². The maximum Gasteiger partial charge on any atom is 2.00 e. The van der Waals surface area contributed by atoms with Crippen LogP contribution in [0, 0.1) is 0 Å². The van der Waals surface area contributed by atoms with Crippen LogP contribution in [0.25, 0.3) is 0 Å². The minimum absolute atomic E-state index is 0. The van der Waals surface area contributed by atoms with E-state index < -0.39 is 0 Å². The normalized spacial score (nSPS) is 7.00. The molecule has 0 bridgehead atoms. The Balaban J connectivity index is 0. The van der Waals surface area contributed by atoms with Crippen LogP contribution in [0.4, 0.5) is 0 Å². The van der Waals surface area contributed by atoms with Crippen LogP contribution in [0.15, 0.2) is 0 Å². The zero-order valence-electron chi connectivity index (χ0n) is 3.92. The molecule has 0 aromatic rings. The van der Waals surface area contributed by atoms with E-state index in [4.69, 9.17) is 5.11 Å². The largest absolute Gasteiger partial charge is 2.00 e. The van der Waals surface area contributed by atoms with Gasteiger partial charge in [-0.2, -0.15) is 0 Å². The van der Waals surface area contributed by atoms with Crippen LogP contribution in [-0.2, 0) is 17.1 Å². The molecule has 1 nitrogen and oxygen atoms in total. The van der Waals surface area contributed by atoms with E-state index in [1.807, 2.05) is 0 Å². The van der Waals surface area contributed by atoms with Gasteiger partial charge in [-0.3, -0.25) is 0 Å². The molecule has 0 unspecified atom stereocenters. The Hall–Kier alpha value is 0.479. The van der Waals surface area contributed by atoms with Crippen molar-refractivity contribution in [2.75, 3.05) is 6.61 Å². The monoisotopic (exact) mass is 130 g/mol. The summed E-state index contributed by atoms with van der Waals surface area (Å²) in [6, 6.07) is 0. The first-order chi connectivity index (χ1) is 2.41. The first kappa shape index (κ1) is 9.70. The fourth-order valence-electron chi connectivity index (χ4n) is 0.158. The molecule has 0 rings (SSSR count). The first-order valence-corrected chi connectivity index (χ1v) is 2.02. The van der Waals surface area contributed by atoms with E-state index in [0.717, 1.165) is 12.8 Å². The standard InChI is InChI=1S/C4H10O.Fe/c1-2-3-4-5;/h5H,2-4H2,1H3;/q;+2. The van der Waals surface area contributed by atoms with Crippen molar-refractivity contribution in [2.24, 2.45) is 0 Å². The van der Waals surface area contributed by atoms with Crippen molar-refractivity contribution in [3.8, 4) is 0 Å². The Bertz CT molecular complexity index is 15.0. The van der Waals surface area contributed by atoms with Gasteiger partial charge in [0.1, 0.15) is 0 Å². The average molecular weight is 130 g/mol. The number of hydrogen-bond acceptors (Lipinski definition) is 1. The molecule has 0 aliphatic carbocycles. The molecule has 0 radical (unpaired) electrons. The summed E-state index contributed by atoms with van der Waals surface area (Å²) in [5.41, 5.74) is 0. The van der Waals surface area contributed by atoms with Crippen molar-refractivity contribution in [1.29, 1.82) is 0 Å². The maximum atomic E-state index is 8.07. The van der Waals surface area contributed by atoms with E-state index in [-0.39, 0.29) is 17.1 Å². The molecule has 0 saturated heterocycles. The van der Waals surface area contributed by atoms with E-state index in [1.165, 1.54) is 0 Å². The Kier molecular flexibility index (Phi) is 14.7. The third kappa shape index (κ3) is 8.82. The molecule has 0 aromatic heterocycles. The van der Waals surface area contributed by atoms with E-state index in [0.29, 0.717) is 6.61 Å². The zero-order chi connectivity index (χ0) is 4.12. The third-order valence-corrected chi connectivity index (χ3v) is 0.512. The van der Waals surface area contributed by atoms with Gasteiger partial charge in [0.2, 0.25) is 0 Å². The maximum absolute atomic E-state index is 8.07. The van der Waals surface area contributed by atoms with Crippen molar-refractivity contribution in [3.63, 3.8) is 0 Å². The topological polar surface area (TPSA) is 20.2 Å². The molecular weight excluding hydrogens is 120 g/mol. The number of hydrogen-bond donors (Lipinski definition) is 1. The van der Waals surface area contributed by atoms with E-state index in [9.17, 15) is 0 Å². The second-order valence-corrected chi connectivity index (χ2v) is 1.08. The van der Waals surface area contributed by atoms with Crippen LogP contribution in [-0.4, -0.2) is 11.7 Å². The molecule has 1 N–H and O–H groups in total. The van der Waals surface area contributed by atoms with Gasteiger partial charge < -0.3 is 5.11 Å². The molecule has 0 spiro atoms. The van der Waals surface area contributed by atoms with Crippen molar-refractivity contribution < 1.29 is 22.2 Å². The van der Waals surface area contributed by atoms with E-state index in [1.54, 1.807) is 0 Å². The summed E-state index contributed by atoms with van der Waals surface area (Å²) in [7, 11) is 0. The van der Waals surface area contributed by atoms with Crippen LogP contribution in [0.1, 0.15) is 19.8 Å². The van der Waals surface area contributed by atoms with Crippen LogP contribution >= 0.6 is 0 Å². The van der Waals surface area contributed by atoms with Gasteiger partial charge in [0.15, 0.2) is 0 Å². The van der Waals surface area contributed by atoms with E-state index in [2.05, 4.69) is 6.92 Å². The second kappa shape index (κ2) is 9.08. The van der Waals surface area contributed by atoms with Gasteiger partial charge >= 0.3 is 17.1 Å². The molecular formula is C4H10FeO+2. The van der Waals surface area contributed by atoms with Crippen LogP contribution < -0.4 is 0 Å². The molecule has 0 amide bonds. The quantitative estimate of drug-likeness (QED) is 0.547. The Labute approximate surface area is 49.2 Å². The molecule has 0 heterocycles. The molecule has 0 aliphatic rings. The fraction of sp³-hybridized carbons (Fsp3) is 1.00. The van der Waals surface area contributed by atoms with Gasteiger partial charge in [0.25, 0.3) is 0 Å². The van der Waals surface area contributed by atoms with Crippen LogP contribution in [0.5, 0.6) is 0 Å². The zero-order valence-corrected chi connectivity index (χ0v) is 5.03. The second-order valence-electron chi connectivity index (χ2n) is 1.08. The van der Waals surface area contributed by atoms with E-state index >= 15 is 0 Å². The molecule has 0 saturated carbocycles. The van der Waals surface area contributed by atoms with Crippen molar-refractivity contribution >= 4 is 0 Å². The summed E-state index contributed by atoms with van der Waals surface area (Å²) in [5.74, 6) is 0. The predicted octanol–water partition coefficient (Wildman–Crippen LogP) is 0.776. The van der Waals surface area contributed by atoms with Gasteiger partial charge in [-0.15, -0.1) is 0 Å². The number of aliphatic hydroxyl groups is 1. The van der Waals surface area contributed by atoms with Crippen molar-refractivity contribution in [3.05, 3.63) is 0 Å². The Morgan fingerprint density at radius 1 is 1.50 bits per heavy atom. The van der Waals surface area contributed by atoms with Gasteiger partial charge in [-0.1, -0.05) is 13.3 Å². The molecule has 0 aliphatic heterocycles. The molecule has 2 heteroatoms. The number of rotatable bonds is 2. The SMILES string of the molecule is CCCCO.[Fe+2].